The maximum atomic E-state index is 6.50. The summed E-state index contributed by atoms with van der Waals surface area (Å²) in [5.74, 6) is 0.963. The van der Waals surface area contributed by atoms with Crippen molar-refractivity contribution < 1.29 is 0 Å². The zero-order chi connectivity index (χ0) is 33.6. The Labute approximate surface area is 287 Å². The molecule has 5 aromatic rings. The topological polar surface area (TPSA) is 126 Å². The molecule has 0 fully saturated rings. The SMILES string of the molecule is C=CC(N)=NCCCCCCNc1ccc(C(N)=Nc2ccc(-c3ccc(CCC)cc3)c(/C=N/Nc3nc4ccccc4s3)c2)cc1. The fourth-order valence-electron chi connectivity index (χ4n) is 5.26. The Morgan fingerprint density at radius 3 is 2.48 bits per heavy atom. The molecule has 5 rings (SSSR count). The molecule has 8 nitrogen and oxygen atoms in total. The van der Waals surface area contributed by atoms with Gasteiger partial charge in [0, 0.05) is 29.9 Å². The van der Waals surface area contributed by atoms with E-state index in [9.17, 15) is 0 Å². The van der Waals surface area contributed by atoms with Crippen molar-refractivity contribution in [1.82, 2.24) is 4.98 Å². The summed E-state index contributed by atoms with van der Waals surface area (Å²) in [6.07, 6.45) is 9.98. The molecule has 0 aliphatic carbocycles. The number of amidine groups is 2. The number of aromatic nitrogens is 1. The minimum atomic E-state index is 0.452. The van der Waals surface area contributed by atoms with Gasteiger partial charge in [-0.25, -0.2) is 9.98 Å². The lowest BCUT2D eigenvalue weighted by atomic mass is 9.98. The highest BCUT2D eigenvalue weighted by Gasteiger charge is 2.08. The fourth-order valence-corrected chi connectivity index (χ4v) is 6.08. The minimum Gasteiger partial charge on any atom is -0.385 e. The second-order valence-corrected chi connectivity index (χ2v) is 12.5. The van der Waals surface area contributed by atoms with E-state index in [4.69, 9.17) is 16.5 Å². The summed E-state index contributed by atoms with van der Waals surface area (Å²) in [6.45, 7) is 7.48. The summed E-state index contributed by atoms with van der Waals surface area (Å²) in [5.41, 5.74) is 23.3. The molecule has 0 aliphatic heterocycles. The van der Waals surface area contributed by atoms with Crippen molar-refractivity contribution in [1.29, 1.82) is 0 Å². The van der Waals surface area contributed by atoms with Gasteiger partial charge in [-0.2, -0.15) is 5.10 Å². The molecule has 0 atom stereocenters. The molecular weight excluding hydrogens is 613 g/mol. The van der Waals surface area contributed by atoms with E-state index in [0.717, 1.165) is 101 Å². The van der Waals surface area contributed by atoms with E-state index in [0.29, 0.717) is 11.7 Å². The lowest BCUT2D eigenvalue weighted by Gasteiger charge is -2.10. The van der Waals surface area contributed by atoms with Crippen LogP contribution in [0.5, 0.6) is 0 Å². The summed E-state index contributed by atoms with van der Waals surface area (Å²) in [6, 6.07) is 31.0. The first kappa shape index (κ1) is 34.1. The van der Waals surface area contributed by atoms with Gasteiger partial charge in [-0.3, -0.25) is 10.4 Å². The van der Waals surface area contributed by atoms with E-state index in [1.165, 1.54) is 5.56 Å². The van der Waals surface area contributed by atoms with Crippen LogP contribution in [-0.4, -0.2) is 36.0 Å². The third-order valence-electron chi connectivity index (χ3n) is 7.84. The summed E-state index contributed by atoms with van der Waals surface area (Å²) in [7, 11) is 0. The van der Waals surface area contributed by atoms with Gasteiger partial charge >= 0.3 is 0 Å². The average molecular weight is 657 g/mol. The number of benzene rings is 4. The van der Waals surface area contributed by atoms with Crippen LogP contribution < -0.4 is 22.2 Å². The molecule has 0 saturated carbocycles. The predicted octanol–water partition coefficient (Wildman–Crippen LogP) is 8.91. The zero-order valence-electron chi connectivity index (χ0n) is 27.5. The van der Waals surface area contributed by atoms with E-state index >= 15 is 0 Å². The minimum absolute atomic E-state index is 0.452. The largest absolute Gasteiger partial charge is 0.385 e. The van der Waals surface area contributed by atoms with Crippen molar-refractivity contribution in [2.45, 2.75) is 45.4 Å². The van der Waals surface area contributed by atoms with Crippen molar-refractivity contribution in [3.05, 3.63) is 120 Å². The number of nitrogens with zero attached hydrogens (tertiary/aromatic N) is 4. The molecule has 1 aromatic heterocycles. The first-order valence-corrected chi connectivity index (χ1v) is 17.3. The summed E-state index contributed by atoms with van der Waals surface area (Å²) in [5, 5.41) is 8.79. The highest BCUT2D eigenvalue weighted by atomic mass is 32.1. The van der Waals surface area contributed by atoms with Gasteiger partial charge in [-0.15, -0.1) is 0 Å². The molecular formula is C39H44N8S. The lowest BCUT2D eigenvalue weighted by molar-refractivity contribution is 0.662. The van der Waals surface area contributed by atoms with Gasteiger partial charge in [-0.1, -0.05) is 86.6 Å². The van der Waals surface area contributed by atoms with Crippen molar-refractivity contribution in [2.75, 3.05) is 23.8 Å². The van der Waals surface area contributed by atoms with Crippen LogP contribution in [0.3, 0.4) is 0 Å². The second kappa shape index (κ2) is 17.6. The monoisotopic (exact) mass is 656 g/mol. The highest BCUT2D eigenvalue weighted by Crippen LogP contribution is 2.29. The molecule has 0 radical (unpaired) electrons. The molecule has 0 spiro atoms. The van der Waals surface area contributed by atoms with E-state index in [1.807, 2.05) is 60.8 Å². The maximum Gasteiger partial charge on any atom is 0.204 e. The van der Waals surface area contributed by atoms with Gasteiger partial charge in [0.25, 0.3) is 0 Å². The number of anilines is 2. The van der Waals surface area contributed by atoms with Crippen molar-refractivity contribution in [3.63, 3.8) is 0 Å². The van der Waals surface area contributed by atoms with E-state index in [-0.39, 0.29) is 0 Å². The number of rotatable bonds is 17. The number of thiazole rings is 1. The number of hydrazone groups is 1. The number of fused-ring (bicyclic) bond motifs is 1. The molecule has 0 bridgehead atoms. The molecule has 0 unspecified atom stereocenters. The molecule has 246 valence electrons. The predicted molar refractivity (Wildman–Crippen MR) is 207 cm³/mol. The number of nitrogens with two attached hydrogens (primary N) is 2. The van der Waals surface area contributed by atoms with Crippen LogP contribution in [0.25, 0.3) is 21.3 Å². The number of aliphatic imine (C=N–C) groups is 2. The number of aryl methyl sites for hydroxylation is 1. The summed E-state index contributed by atoms with van der Waals surface area (Å²) >= 11 is 1.57. The molecule has 9 heteroatoms. The number of unbranched alkanes of at least 4 members (excludes halogenated alkanes) is 3. The molecule has 0 saturated heterocycles. The summed E-state index contributed by atoms with van der Waals surface area (Å²) in [4.78, 5) is 13.6. The standard InChI is InChI=1S/C39H44N8S/c1-3-11-28-14-16-29(17-15-28)34-23-22-33(26-31(34)27-44-47-39-46-35-12-7-8-13-36(35)48-39)45-38(41)30-18-20-32(21-19-30)42-24-9-5-6-10-25-43-37(40)4-2/h4,7-8,12-23,26-27,42H,2-3,5-6,9-11,24-25H2,1H3,(H2,40,43)(H2,41,45)(H,46,47)/b44-27+. The molecule has 1 heterocycles. The van der Waals surface area contributed by atoms with Crippen molar-refractivity contribution >= 4 is 55.9 Å². The molecule has 4 aromatic carbocycles. The Bertz CT molecular complexity index is 1840. The van der Waals surface area contributed by atoms with Crippen LogP contribution >= 0.6 is 11.3 Å². The number of nitrogens with one attached hydrogen (secondary N) is 2. The first-order chi connectivity index (χ1) is 23.5. The van der Waals surface area contributed by atoms with Crippen molar-refractivity contribution in [2.24, 2.45) is 26.6 Å². The Morgan fingerprint density at radius 1 is 0.917 bits per heavy atom. The second-order valence-electron chi connectivity index (χ2n) is 11.5. The Hall–Kier alpha value is -5.28. The average Bonchev–Trinajstić information content (AvgIpc) is 3.53. The van der Waals surface area contributed by atoms with Crippen LogP contribution in [0.2, 0.25) is 0 Å². The van der Waals surface area contributed by atoms with Crippen LogP contribution in [-0.2, 0) is 6.42 Å². The highest BCUT2D eigenvalue weighted by molar-refractivity contribution is 7.22. The molecule has 48 heavy (non-hydrogen) atoms. The van der Waals surface area contributed by atoms with Gasteiger partial charge in [0.2, 0.25) is 5.13 Å². The van der Waals surface area contributed by atoms with Crippen molar-refractivity contribution in [3.8, 4) is 11.1 Å². The van der Waals surface area contributed by atoms with Gasteiger partial charge in [0.15, 0.2) is 0 Å². The van der Waals surface area contributed by atoms with Gasteiger partial charge in [0.1, 0.15) is 11.7 Å². The smallest absolute Gasteiger partial charge is 0.204 e. The van der Waals surface area contributed by atoms with Crippen LogP contribution in [0.1, 0.15) is 55.7 Å². The number of para-hydroxylation sites is 1. The van der Waals surface area contributed by atoms with Gasteiger partial charge in [0.05, 0.1) is 22.1 Å². The Morgan fingerprint density at radius 2 is 1.71 bits per heavy atom. The third-order valence-corrected chi connectivity index (χ3v) is 8.79. The maximum absolute atomic E-state index is 6.50. The number of hydrogen-bond acceptors (Lipinski definition) is 7. The first-order valence-electron chi connectivity index (χ1n) is 16.5. The van der Waals surface area contributed by atoms with Crippen LogP contribution in [0, 0.1) is 0 Å². The van der Waals surface area contributed by atoms with Gasteiger partial charge < -0.3 is 16.8 Å². The zero-order valence-corrected chi connectivity index (χ0v) is 28.3. The normalized spacial score (nSPS) is 12.1. The fraction of sp³-hybridized carbons (Fsp3) is 0.231. The molecule has 0 amide bonds. The third kappa shape index (κ3) is 9.86. The summed E-state index contributed by atoms with van der Waals surface area (Å²) < 4.78 is 1.11. The van der Waals surface area contributed by atoms with Crippen LogP contribution in [0.15, 0.2) is 119 Å². The van der Waals surface area contributed by atoms with E-state index in [1.54, 1.807) is 17.4 Å². The van der Waals surface area contributed by atoms with E-state index in [2.05, 4.69) is 75.7 Å². The van der Waals surface area contributed by atoms with Gasteiger partial charge in [-0.05, 0) is 90.6 Å². The quantitative estimate of drug-likeness (QED) is 0.0344. The number of hydrogen-bond donors (Lipinski definition) is 4. The lowest BCUT2D eigenvalue weighted by Crippen LogP contribution is -2.13. The van der Waals surface area contributed by atoms with Crippen LogP contribution in [0.4, 0.5) is 16.5 Å². The molecule has 6 N–H and O–H groups in total. The van der Waals surface area contributed by atoms with E-state index < -0.39 is 0 Å². The molecule has 0 aliphatic rings. The Kier molecular flexibility index (Phi) is 12.5. The Balaban J connectivity index is 1.25.